The normalized spacial score (nSPS) is 13.3. The first kappa shape index (κ1) is 22.1. The molecule has 1 saturated carbocycles. The van der Waals surface area contributed by atoms with Gasteiger partial charge in [-0.05, 0) is 66.3 Å². The Morgan fingerprint density at radius 1 is 1.06 bits per heavy atom. The average molecular weight is 468 g/mol. The molecule has 168 valence electrons. The van der Waals surface area contributed by atoms with E-state index in [0.29, 0.717) is 40.9 Å². The van der Waals surface area contributed by atoms with E-state index in [4.69, 9.17) is 16.0 Å². The zero-order valence-electron chi connectivity index (χ0n) is 18.5. The highest BCUT2D eigenvalue weighted by Gasteiger charge is 2.24. The van der Waals surface area contributed by atoms with E-state index in [1.165, 1.54) is 6.42 Å². The van der Waals surface area contributed by atoms with Crippen LogP contribution in [0.25, 0.3) is 22.6 Å². The lowest BCUT2D eigenvalue weighted by Gasteiger charge is -2.22. The molecule has 0 bridgehead atoms. The molecule has 0 unspecified atom stereocenters. The highest BCUT2D eigenvalue weighted by atomic mass is 35.5. The molecule has 1 aliphatic carbocycles. The molecule has 0 amide bonds. The third kappa shape index (κ3) is 4.64. The van der Waals surface area contributed by atoms with E-state index >= 15 is 0 Å². The first-order chi connectivity index (χ1) is 16.6. The highest BCUT2D eigenvalue weighted by molar-refractivity contribution is 6.29. The molecule has 5 rings (SSSR count). The predicted octanol–water partition coefficient (Wildman–Crippen LogP) is 7.01. The summed E-state index contributed by atoms with van der Waals surface area (Å²) in [7, 11) is 0. The quantitative estimate of drug-likeness (QED) is 0.215. The van der Waals surface area contributed by atoms with Gasteiger partial charge in [-0.3, -0.25) is 4.79 Å². The van der Waals surface area contributed by atoms with E-state index in [-0.39, 0.29) is 5.78 Å². The molecule has 0 saturated heterocycles. The molecule has 5 nitrogen and oxygen atoms in total. The summed E-state index contributed by atoms with van der Waals surface area (Å²) in [5.41, 5.74) is 4.34. The maximum atomic E-state index is 13.2. The molecule has 0 spiro atoms. The SMILES string of the molecule is N#Cc1ccccc1-c1cc(C(=O)CCc2ccc(Cl)nc2)cc(-c2ncc(C3CCC3)o2)c1. The minimum Gasteiger partial charge on any atom is -0.441 e. The van der Waals surface area contributed by atoms with Crippen LogP contribution in [0.15, 0.2) is 71.4 Å². The fraction of sp³-hybridized carbons (Fsp3) is 0.214. The molecular formula is C28H22ClN3O2. The Kier molecular flexibility index (Phi) is 6.24. The molecule has 0 atom stereocenters. The summed E-state index contributed by atoms with van der Waals surface area (Å²) in [4.78, 5) is 21.8. The average Bonchev–Trinajstić information content (AvgIpc) is 3.31. The first-order valence-electron chi connectivity index (χ1n) is 11.3. The van der Waals surface area contributed by atoms with E-state index in [9.17, 15) is 10.1 Å². The van der Waals surface area contributed by atoms with Gasteiger partial charge < -0.3 is 4.42 Å². The number of Topliss-reactive ketones (excluding diaryl/α,β-unsaturated/α-hetero) is 1. The molecule has 1 aliphatic rings. The lowest BCUT2D eigenvalue weighted by Crippen LogP contribution is -2.07. The number of aryl methyl sites for hydroxylation is 1. The fourth-order valence-corrected chi connectivity index (χ4v) is 4.27. The van der Waals surface area contributed by atoms with Crippen LogP contribution in [-0.2, 0) is 6.42 Å². The summed E-state index contributed by atoms with van der Waals surface area (Å²) in [5, 5.41) is 10.0. The number of nitrogens with zero attached hydrogens (tertiary/aromatic N) is 3. The van der Waals surface area contributed by atoms with Crippen LogP contribution in [0, 0.1) is 11.3 Å². The van der Waals surface area contributed by atoms with Gasteiger partial charge in [-0.2, -0.15) is 5.26 Å². The van der Waals surface area contributed by atoms with Crippen molar-refractivity contribution in [2.24, 2.45) is 0 Å². The second kappa shape index (κ2) is 9.62. The topological polar surface area (TPSA) is 79.8 Å². The monoisotopic (exact) mass is 467 g/mol. The summed E-state index contributed by atoms with van der Waals surface area (Å²) in [5.74, 6) is 1.82. The van der Waals surface area contributed by atoms with Crippen LogP contribution < -0.4 is 0 Å². The van der Waals surface area contributed by atoms with Crippen LogP contribution in [0.3, 0.4) is 0 Å². The zero-order chi connectivity index (χ0) is 23.5. The van der Waals surface area contributed by atoms with Crippen LogP contribution in [0.2, 0.25) is 5.15 Å². The van der Waals surface area contributed by atoms with Crippen LogP contribution >= 0.6 is 11.6 Å². The largest absolute Gasteiger partial charge is 0.441 e. The summed E-state index contributed by atoms with van der Waals surface area (Å²) < 4.78 is 6.09. The van der Waals surface area contributed by atoms with Crippen molar-refractivity contribution >= 4 is 17.4 Å². The van der Waals surface area contributed by atoms with E-state index < -0.39 is 0 Å². The molecule has 0 radical (unpaired) electrons. The number of carbonyl (C=O) groups is 1. The molecule has 2 aromatic carbocycles. The molecule has 4 aromatic rings. The fourth-order valence-electron chi connectivity index (χ4n) is 4.16. The molecular weight excluding hydrogens is 446 g/mol. The lowest BCUT2D eigenvalue weighted by atomic mass is 9.84. The van der Waals surface area contributed by atoms with Gasteiger partial charge in [0, 0.05) is 29.7 Å². The van der Waals surface area contributed by atoms with Gasteiger partial charge in [-0.1, -0.05) is 42.3 Å². The van der Waals surface area contributed by atoms with E-state index in [1.54, 1.807) is 24.5 Å². The van der Waals surface area contributed by atoms with Crippen molar-refractivity contribution in [3.05, 3.63) is 94.6 Å². The number of halogens is 1. The maximum absolute atomic E-state index is 13.2. The summed E-state index contributed by atoms with van der Waals surface area (Å²) >= 11 is 5.86. The standard InChI is InChI=1S/C28H22ClN3O2/c29-27-11-9-18(16-31-27)8-10-25(33)22-12-21(24-7-2-1-4-20(24)15-30)13-23(14-22)28-32-17-26(34-28)19-5-3-6-19/h1-2,4,7,9,11-14,16-17,19H,3,5-6,8,10H2. The molecule has 6 heteroatoms. The number of ketones is 1. The van der Waals surface area contributed by atoms with Gasteiger partial charge in [0.15, 0.2) is 5.78 Å². The van der Waals surface area contributed by atoms with E-state index in [0.717, 1.165) is 40.9 Å². The van der Waals surface area contributed by atoms with Gasteiger partial charge in [0.1, 0.15) is 10.9 Å². The van der Waals surface area contributed by atoms with Crippen LogP contribution in [0.1, 0.15) is 58.8 Å². The van der Waals surface area contributed by atoms with Crippen molar-refractivity contribution in [2.75, 3.05) is 0 Å². The Labute approximate surface area is 203 Å². The van der Waals surface area contributed by atoms with Gasteiger partial charge in [-0.25, -0.2) is 9.97 Å². The van der Waals surface area contributed by atoms with Crippen LogP contribution in [-0.4, -0.2) is 15.8 Å². The van der Waals surface area contributed by atoms with Crippen LogP contribution in [0.5, 0.6) is 0 Å². The van der Waals surface area contributed by atoms with Gasteiger partial charge in [-0.15, -0.1) is 0 Å². The third-order valence-electron chi connectivity index (χ3n) is 6.32. The number of hydrogen-bond donors (Lipinski definition) is 0. The van der Waals surface area contributed by atoms with Crippen molar-refractivity contribution in [2.45, 2.75) is 38.0 Å². The number of oxazole rings is 1. The highest BCUT2D eigenvalue weighted by Crippen LogP contribution is 2.38. The Hall–Kier alpha value is -3.75. The minimum atomic E-state index is -0.00161. The number of pyridine rings is 1. The Bertz CT molecular complexity index is 1380. The Balaban J connectivity index is 1.50. The van der Waals surface area contributed by atoms with Crippen molar-refractivity contribution in [3.8, 4) is 28.7 Å². The van der Waals surface area contributed by atoms with Crippen molar-refractivity contribution in [1.82, 2.24) is 9.97 Å². The Morgan fingerprint density at radius 2 is 1.88 bits per heavy atom. The summed E-state index contributed by atoms with van der Waals surface area (Å²) in [6.45, 7) is 0. The molecule has 34 heavy (non-hydrogen) atoms. The first-order valence-corrected chi connectivity index (χ1v) is 11.7. The van der Waals surface area contributed by atoms with Gasteiger partial charge in [0.05, 0.1) is 17.8 Å². The Morgan fingerprint density at radius 3 is 2.62 bits per heavy atom. The van der Waals surface area contributed by atoms with Crippen LogP contribution in [0.4, 0.5) is 0 Å². The van der Waals surface area contributed by atoms with Crippen molar-refractivity contribution < 1.29 is 9.21 Å². The predicted molar refractivity (Wildman–Crippen MR) is 131 cm³/mol. The molecule has 0 N–H and O–H groups in total. The van der Waals surface area contributed by atoms with Gasteiger partial charge in [0.2, 0.25) is 5.89 Å². The number of carbonyl (C=O) groups excluding carboxylic acids is 1. The third-order valence-corrected chi connectivity index (χ3v) is 6.54. The smallest absolute Gasteiger partial charge is 0.226 e. The van der Waals surface area contributed by atoms with E-state index in [1.807, 2.05) is 42.5 Å². The van der Waals surface area contributed by atoms with Gasteiger partial charge in [0.25, 0.3) is 0 Å². The molecule has 1 fully saturated rings. The maximum Gasteiger partial charge on any atom is 0.226 e. The number of rotatable bonds is 7. The van der Waals surface area contributed by atoms with Crippen molar-refractivity contribution in [3.63, 3.8) is 0 Å². The summed E-state index contributed by atoms with van der Waals surface area (Å²) in [6, 6.07) is 18.8. The number of aromatic nitrogens is 2. The number of hydrogen-bond acceptors (Lipinski definition) is 5. The molecule has 2 heterocycles. The zero-order valence-corrected chi connectivity index (χ0v) is 19.3. The van der Waals surface area contributed by atoms with Crippen molar-refractivity contribution in [1.29, 1.82) is 5.26 Å². The lowest BCUT2D eigenvalue weighted by molar-refractivity contribution is 0.0983. The molecule has 0 aliphatic heterocycles. The second-order valence-corrected chi connectivity index (χ2v) is 8.95. The van der Waals surface area contributed by atoms with Gasteiger partial charge >= 0.3 is 0 Å². The van der Waals surface area contributed by atoms with E-state index in [2.05, 4.69) is 16.0 Å². The second-order valence-electron chi connectivity index (χ2n) is 8.56. The summed E-state index contributed by atoms with van der Waals surface area (Å²) in [6.07, 6.45) is 7.82. The number of benzene rings is 2. The molecule has 2 aromatic heterocycles. The minimum absolute atomic E-state index is 0.00161. The number of nitriles is 1.